The molecule has 92 valence electrons. The van der Waals surface area contributed by atoms with Gasteiger partial charge in [0.2, 0.25) is 0 Å². The van der Waals surface area contributed by atoms with Crippen LogP contribution in [0.2, 0.25) is 0 Å². The summed E-state index contributed by atoms with van der Waals surface area (Å²) in [6, 6.07) is 4.34. The quantitative estimate of drug-likeness (QED) is 0.887. The molecule has 2 rings (SSSR count). The van der Waals surface area contributed by atoms with Crippen molar-refractivity contribution in [1.82, 2.24) is 15.0 Å². The zero-order valence-electron chi connectivity index (χ0n) is 10.3. The van der Waals surface area contributed by atoms with Gasteiger partial charge in [-0.3, -0.25) is 0 Å². The minimum Gasteiger partial charge on any atom is -0.381 e. The van der Waals surface area contributed by atoms with Crippen LogP contribution < -0.4 is 5.73 Å². The first-order valence-corrected chi connectivity index (χ1v) is 6.81. The summed E-state index contributed by atoms with van der Waals surface area (Å²) in [7, 11) is 0. The second-order valence-corrected chi connectivity index (χ2v) is 5.30. The largest absolute Gasteiger partial charge is 0.381 e. The molecule has 0 fully saturated rings. The van der Waals surface area contributed by atoms with Crippen molar-refractivity contribution in [2.45, 2.75) is 39.7 Å². The number of aryl methyl sites for hydroxylation is 1. The van der Waals surface area contributed by atoms with E-state index in [1.54, 1.807) is 0 Å². The third-order valence-corrected chi connectivity index (χ3v) is 3.94. The number of anilines is 1. The van der Waals surface area contributed by atoms with E-state index in [2.05, 4.69) is 36.3 Å². The molecular weight excluding hydrogens is 232 g/mol. The predicted molar refractivity (Wildman–Crippen MR) is 71.2 cm³/mol. The van der Waals surface area contributed by atoms with Crippen molar-refractivity contribution in [3.8, 4) is 0 Å². The summed E-state index contributed by atoms with van der Waals surface area (Å²) in [5.41, 5.74) is 6.88. The summed E-state index contributed by atoms with van der Waals surface area (Å²) in [5.74, 6) is 0.569. The van der Waals surface area contributed by atoms with E-state index in [1.807, 2.05) is 16.0 Å². The lowest BCUT2D eigenvalue weighted by Crippen LogP contribution is -2.06. The maximum atomic E-state index is 5.82. The average molecular weight is 250 g/mol. The van der Waals surface area contributed by atoms with Crippen LogP contribution in [0.25, 0.3) is 0 Å². The molecule has 0 amide bonds. The Balaban J connectivity index is 2.17. The van der Waals surface area contributed by atoms with Crippen molar-refractivity contribution in [3.63, 3.8) is 0 Å². The van der Waals surface area contributed by atoms with Crippen LogP contribution in [0, 0.1) is 0 Å². The number of nitrogens with two attached hydrogens (primary N) is 1. The van der Waals surface area contributed by atoms with Crippen molar-refractivity contribution in [3.05, 3.63) is 27.6 Å². The predicted octanol–water partition coefficient (Wildman–Crippen LogP) is 2.49. The first-order chi connectivity index (χ1) is 8.24. The molecule has 0 saturated carbocycles. The molecule has 0 aliphatic carbocycles. The van der Waals surface area contributed by atoms with Gasteiger partial charge in [0.15, 0.2) is 5.82 Å². The number of nitrogen functional groups attached to an aromatic ring is 1. The van der Waals surface area contributed by atoms with E-state index in [1.165, 1.54) is 9.75 Å². The van der Waals surface area contributed by atoms with E-state index in [9.17, 15) is 0 Å². The zero-order chi connectivity index (χ0) is 12.3. The van der Waals surface area contributed by atoms with E-state index in [4.69, 9.17) is 5.73 Å². The van der Waals surface area contributed by atoms with Crippen molar-refractivity contribution < 1.29 is 0 Å². The van der Waals surface area contributed by atoms with E-state index in [0.717, 1.165) is 31.5 Å². The van der Waals surface area contributed by atoms with Gasteiger partial charge in [-0.15, -0.1) is 16.4 Å². The molecule has 5 heteroatoms. The van der Waals surface area contributed by atoms with Crippen LogP contribution in [0.1, 0.15) is 35.7 Å². The summed E-state index contributed by atoms with van der Waals surface area (Å²) in [4.78, 5) is 2.72. The molecule has 0 aliphatic rings. The summed E-state index contributed by atoms with van der Waals surface area (Å²) >= 11 is 1.83. The van der Waals surface area contributed by atoms with Gasteiger partial charge in [0.25, 0.3) is 0 Å². The smallest absolute Gasteiger partial charge is 0.169 e. The molecule has 17 heavy (non-hydrogen) atoms. The van der Waals surface area contributed by atoms with Gasteiger partial charge in [-0.2, -0.15) is 0 Å². The molecule has 0 atom stereocenters. The maximum absolute atomic E-state index is 5.82. The van der Waals surface area contributed by atoms with E-state index in [-0.39, 0.29) is 0 Å². The molecule has 2 aromatic rings. The first kappa shape index (κ1) is 12.1. The standard InChI is InChI=1S/C12H18N4S/c1-3-5-11-12(13)14-15-16(11)8-10-7-6-9(4-2)17-10/h6-7H,3-5,8,13H2,1-2H3. The Morgan fingerprint density at radius 3 is 2.71 bits per heavy atom. The Morgan fingerprint density at radius 2 is 2.06 bits per heavy atom. The van der Waals surface area contributed by atoms with E-state index < -0.39 is 0 Å². The van der Waals surface area contributed by atoms with Gasteiger partial charge >= 0.3 is 0 Å². The molecule has 0 bridgehead atoms. The van der Waals surface area contributed by atoms with Gasteiger partial charge in [-0.25, -0.2) is 4.68 Å². The van der Waals surface area contributed by atoms with Crippen LogP contribution in [0.3, 0.4) is 0 Å². The average Bonchev–Trinajstić information content (AvgIpc) is 2.91. The van der Waals surface area contributed by atoms with Crippen molar-refractivity contribution in [2.75, 3.05) is 5.73 Å². The van der Waals surface area contributed by atoms with Gasteiger partial charge in [0.1, 0.15) is 0 Å². The third-order valence-electron chi connectivity index (χ3n) is 2.73. The molecule has 0 radical (unpaired) electrons. The maximum Gasteiger partial charge on any atom is 0.169 e. The number of rotatable bonds is 5. The SMILES string of the molecule is CCCc1c(N)nnn1Cc1ccc(CC)s1. The highest BCUT2D eigenvalue weighted by molar-refractivity contribution is 7.11. The summed E-state index contributed by atoms with van der Waals surface area (Å²) in [5, 5.41) is 8.07. The van der Waals surface area contributed by atoms with Crippen LogP contribution >= 0.6 is 11.3 Å². The van der Waals surface area contributed by atoms with Gasteiger partial charge in [0, 0.05) is 9.75 Å². The van der Waals surface area contributed by atoms with Crippen molar-refractivity contribution >= 4 is 17.2 Å². The van der Waals surface area contributed by atoms with Crippen LogP contribution in [0.15, 0.2) is 12.1 Å². The Kier molecular flexibility index (Phi) is 3.78. The summed E-state index contributed by atoms with van der Waals surface area (Å²) < 4.78 is 1.92. The lowest BCUT2D eigenvalue weighted by Gasteiger charge is -2.03. The van der Waals surface area contributed by atoms with Crippen molar-refractivity contribution in [1.29, 1.82) is 0 Å². The second kappa shape index (κ2) is 5.31. The van der Waals surface area contributed by atoms with E-state index in [0.29, 0.717) is 5.82 Å². The topological polar surface area (TPSA) is 56.7 Å². The monoisotopic (exact) mass is 250 g/mol. The number of thiophene rings is 1. The summed E-state index contributed by atoms with van der Waals surface area (Å²) in [6.07, 6.45) is 3.08. The Hall–Kier alpha value is -1.36. The third kappa shape index (κ3) is 2.66. The Morgan fingerprint density at radius 1 is 1.29 bits per heavy atom. The fourth-order valence-corrected chi connectivity index (χ4v) is 2.75. The Labute approximate surface area is 105 Å². The lowest BCUT2D eigenvalue weighted by molar-refractivity contribution is 0.619. The van der Waals surface area contributed by atoms with Crippen LogP contribution in [-0.2, 0) is 19.4 Å². The molecule has 0 aromatic carbocycles. The number of nitrogens with zero attached hydrogens (tertiary/aromatic N) is 3. The zero-order valence-corrected chi connectivity index (χ0v) is 11.1. The fraction of sp³-hybridized carbons (Fsp3) is 0.500. The molecular formula is C12H18N4S. The molecule has 2 heterocycles. The molecule has 2 N–H and O–H groups in total. The van der Waals surface area contributed by atoms with Crippen molar-refractivity contribution in [2.24, 2.45) is 0 Å². The molecule has 2 aromatic heterocycles. The molecule has 4 nitrogen and oxygen atoms in total. The van der Waals surface area contributed by atoms with E-state index >= 15 is 0 Å². The first-order valence-electron chi connectivity index (χ1n) is 6.00. The van der Waals surface area contributed by atoms with Crippen LogP contribution in [-0.4, -0.2) is 15.0 Å². The van der Waals surface area contributed by atoms with Gasteiger partial charge < -0.3 is 5.73 Å². The lowest BCUT2D eigenvalue weighted by atomic mass is 10.2. The van der Waals surface area contributed by atoms with Gasteiger partial charge in [-0.1, -0.05) is 25.5 Å². The molecule has 0 saturated heterocycles. The van der Waals surface area contributed by atoms with Crippen LogP contribution in [0.5, 0.6) is 0 Å². The van der Waals surface area contributed by atoms with Gasteiger partial charge in [-0.05, 0) is 25.0 Å². The minimum absolute atomic E-state index is 0.569. The molecule has 0 aliphatic heterocycles. The number of hydrogen-bond acceptors (Lipinski definition) is 4. The highest BCUT2D eigenvalue weighted by Gasteiger charge is 2.10. The highest BCUT2D eigenvalue weighted by Crippen LogP contribution is 2.19. The second-order valence-electron chi connectivity index (χ2n) is 4.05. The number of aromatic nitrogens is 3. The highest BCUT2D eigenvalue weighted by atomic mass is 32.1. The summed E-state index contributed by atoms with van der Waals surface area (Å²) in [6.45, 7) is 5.09. The Bertz CT molecular complexity index is 486. The molecule has 0 spiro atoms. The van der Waals surface area contributed by atoms with Gasteiger partial charge in [0.05, 0.1) is 12.2 Å². The minimum atomic E-state index is 0.569. The van der Waals surface area contributed by atoms with Crippen LogP contribution in [0.4, 0.5) is 5.82 Å². The number of hydrogen-bond donors (Lipinski definition) is 1. The molecule has 0 unspecified atom stereocenters. The normalized spacial score (nSPS) is 10.9. The fourth-order valence-electron chi connectivity index (χ4n) is 1.81.